The van der Waals surface area contributed by atoms with Crippen LogP contribution in [0, 0.1) is 5.92 Å². The van der Waals surface area contributed by atoms with Gasteiger partial charge in [0.05, 0.1) is 5.52 Å². The Kier molecular flexibility index (Phi) is 5.19. The van der Waals surface area contributed by atoms with Crippen molar-refractivity contribution in [2.75, 3.05) is 18.4 Å². The molecule has 0 bridgehead atoms. The number of phenols is 1. The fraction of sp³-hybridized carbons (Fsp3) is 0.318. The van der Waals surface area contributed by atoms with Crippen LogP contribution < -0.4 is 5.32 Å². The van der Waals surface area contributed by atoms with E-state index in [9.17, 15) is 5.11 Å². The third kappa shape index (κ3) is 4.18. The van der Waals surface area contributed by atoms with Crippen LogP contribution in [-0.4, -0.2) is 28.1 Å². The summed E-state index contributed by atoms with van der Waals surface area (Å²) in [6.07, 6.45) is 4.30. The van der Waals surface area contributed by atoms with Gasteiger partial charge in [-0.2, -0.15) is 0 Å². The quantitative estimate of drug-likeness (QED) is 0.580. The Morgan fingerprint density at radius 1 is 1.22 bits per heavy atom. The zero-order valence-electron chi connectivity index (χ0n) is 15.5. The van der Waals surface area contributed by atoms with Gasteiger partial charge >= 0.3 is 0 Å². The molecule has 1 aliphatic rings. The van der Waals surface area contributed by atoms with Crippen molar-refractivity contribution in [1.82, 2.24) is 9.88 Å². The smallest absolute Gasteiger partial charge is 0.120 e. The van der Waals surface area contributed by atoms with Gasteiger partial charge in [-0.15, -0.1) is 0 Å². The summed E-state index contributed by atoms with van der Waals surface area (Å²) in [5, 5.41) is 15.5. The van der Waals surface area contributed by atoms with E-state index in [1.807, 2.05) is 36.4 Å². The first kappa shape index (κ1) is 18.1. The number of pyridine rings is 1. The maximum atomic E-state index is 10.3. The lowest BCUT2D eigenvalue weighted by Gasteiger charge is -2.31. The lowest BCUT2D eigenvalue weighted by Crippen LogP contribution is -2.33. The highest BCUT2D eigenvalue weighted by Crippen LogP contribution is 2.30. The highest BCUT2D eigenvalue weighted by Gasteiger charge is 2.17. The lowest BCUT2D eigenvalue weighted by molar-refractivity contribution is 0.175. The molecule has 1 saturated heterocycles. The van der Waals surface area contributed by atoms with Crippen molar-refractivity contribution >= 4 is 33.9 Å². The molecule has 1 unspecified atom stereocenters. The minimum Gasteiger partial charge on any atom is -0.508 e. The number of aromatic nitrogens is 1. The van der Waals surface area contributed by atoms with Gasteiger partial charge in [-0.25, -0.2) is 0 Å². The Morgan fingerprint density at radius 2 is 2.11 bits per heavy atom. The molecule has 27 heavy (non-hydrogen) atoms. The fourth-order valence-electron chi connectivity index (χ4n) is 3.85. The second-order valence-electron chi connectivity index (χ2n) is 7.47. The van der Waals surface area contributed by atoms with Gasteiger partial charge in [-0.3, -0.25) is 9.88 Å². The number of aromatic hydroxyl groups is 1. The molecule has 0 saturated carbocycles. The molecule has 2 aromatic carbocycles. The number of nitrogens with zero attached hydrogens (tertiary/aromatic N) is 2. The molecular weight excluding hydrogens is 358 g/mol. The molecule has 0 amide bonds. The van der Waals surface area contributed by atoms with E-state index in [1.54, 1.807) is 12.3 Å². The third-order valence-electron chi connectivity index (χ3n) is 5.20. The van der Waals surface area contributed by atoms with E-state index in [0.717, 1.165) is 53.4 Å². The van der Waals surface area contributed by atoms with Crippen molar-refractivity contribution in [2.24, 2.45) is 5.92 Å². The van der Waals surface area contributed by atoms with Gasteiger partial charge in [-0.1, -0.05) is 18.5 Å². The van der Waals surface area contributed by atoms with E-state index < -0.39 is 0 Å². The van der Waals surface area contributed by atoms with E-state index in [0.29, 0.717) is 10.8 Å². The van der Waals surface area contributed by atoms with Crippen LogP contribution in [0.15, 0.2) is 48.7 Å². The van der Waals surface area contributed by atoms with Gasteiger partial charge in [0.1, 0.15) is 5.75 Å². The normalized spacial score (nSPS) is 17.9. The minimum absolute atomic E-state index is 0.352. The summed E-state index contributed by atoms with van der Waals surface area (Å²) in [5.74, 6) is 1.07. The van der Waals surface area contributed by atoms with Gasteiger partial charge in [-0.05, 0) is 67.8 Å². The molecule has 1 fully saturated rings. The molecule has 4 nitrogen and oxygen atoms in total. The summed E-state index contributed by atoms with van der Waals surface area (Å²) in [6.45, 7) is 5.26. The molecule has 2 heterocycles. The van der Waals surface area contributed by atoms with Crippen LogP contribution in [-0.2, 0) is 6.54 Å². The molecule has 1 aliphatic heterocycles. The van der Waals surface area contributed by atoms with Crippen LogP contribution >= 0.6 is 11.6 Å². The number of phenolic OH excluding ortho intramolecular Hbond substituents is 1. The number of halogens is 1. The third-order valence-corrected chi connectivity index (χ3v) is 5.43. The largest absolute Gasteiger partial charge is 0.508 e. The standard InChI is InChI=1S/C22H24ClN3O/c1-15-3-2-10-26(13-15)14-16-11-18(5-7-22(16)27)25-20-8-9-24-21-12-17(23)4-6-19(20)21/h4-9,11-12,15,27H,2-3,10,13-14H2,1H3,(H,24,25). The molecule has 2 N–H and O–H groups in total. The Morgan fingerprint density at radius 3 is 2.96 bits per heavy atom. The number of hydrogen-bond acceptors (Lipinski definition) is 4. The Balaban J connectivity index is 1.58. The van der Waals surface area contributed by atoms with Crippen molar-refractivity contribution < 1.29 is 5.11 Å². The summed E-state index contributed by atoms with van der Waals surface area (Å²) < 4.78 is 0. The van der Waals surface area contributed by atoms with Crippen molar-refractivity contribution in [3.63, 3.8) is 0 Å². The highest BCUT2D eigenvalue weighted by atomic mass is 35.5. The average Bonchev–Trinajstić information content (AvgIpc) is 2.64. The zero-order valence-corrected chi connectivity index (χ0v) is 16.2. The van der Waals surface area contributed by atoms with Crippen LogP contribution in [0.1, 0.15) is 25.3 Å². The number of hydrogen-bond donors (Lipinski definition) is 2. The summed E-state index contributed by atoms with van der Waals surface area (Å²) >= 11 is 6.08. The number of likely N-dealkylation sites (tertiary alicyclic amines) is 1. The number of rotatable bonds is 4. The molecule has 0 aliphatic carbocycles. The summed E-state index contributed by atoms with van der Waals surface area (Å²) in [4.78, 5) is 6.82. The van der Waals surface area contributed by atoms with E-state index in [2.05, 4.69) is 22.1 Å². The maximum absolute atomic E-state index is 10.3. The van der Waals surface area contributed by atoms with Crippen LogP contribution in [0.4, 0.5) is 11.4 Å². The number of fused-ring (bicyclic) bond motifs is 1. The van der Waals surface area contributed by atoms with Gasteiger partial charge in [0.2, 0.25) is 0 Å². The molecule has 4 rings (SSSR count). The monoisotopic (exact) mass is 381 g/mol. The second kappa shape index (κ2) is 7.75. The average molecular weight is 382 g/mol. The van der Waals surface area contributed by atoms with Crippen molar-refractivity contribution in [1.29, 1.82) is 0 Å². The number of benzene rings is 2. The molecule has 0 radical (unpaired) electrons. The predicted octanol–water partition coefficient (Wildman–Crippen LogP) is 5.57. The zero-order chi connectivity index (χ0) is 18.8. The molecule has 1 aromatic heterocycles. The van der Waals surface area contributed by atoms with Gasteiger partial charge < -0.3 is 10.4 Å². The number of piperidine rings is 1. The maximum Gasteiger partial charge on any atom is 0.120 e. The summed E-state index contributed by atoms with van der Waals surface area (Å²) in [6, 6.07) is 13.4. The van der Waals surface area contributed by atoms with Crippen molar-refractivity contribution in [3.8, 4) is 5.75 Å². The Labute approximate surface area is 164 Å². The van der Waals surface area contributed by atoms with Gasteiger partial charge in [0.15, 0.2) is 0 Å². The highest BCUT2D eigenvalue weighted by molar-refractivity contribution is 6.31. The van der Waals surface area contributed by atoms with E-state index in [4.69, 9.17) is 11.6 Å². The second-order valence-corrected chi connectivity index (χ2v) is 7.91. The first-order valence-corrected chi connectivity index (χ1v) is 9.82. The summed E-state index contributed by atoms with van der Waals surface area (Å²) in [7, 11) is 0. The summed E-state index contributed by atoms with van der Waals surface area (Å²) in [5.41, 5.74) is 3.74. The predicted molar refractivity (Wildman–Crippen MR) is 112 cm³/mol. The minimum atomic E-state index is 0.352. The van der Waals surface area contributed by atoms with Crippen LogP contribution in [0.2, 0.25) is 5.02 Å². The SMILES string of the molecule is CC1CCCN(Cc2cc(Nc3ccnc4cc(Cl)ccc34)ccc2O)C1. The van der Waals surface area contributed by atoms with E-state index in [-0.39, 0.29) is 0 Å². The molecule has 140 valence electrons. The molecular formula is C22H24ClN3O. The molecule has 0 spiro atoms. The van der Waals surface area contributed by atoms with E-state index >= 15 is 0 Å². The Hall–Kier alpha value is -2.30. The van der Waals surface area contributed by atoms with Gasteiger partial charge in [0, 0.05) is 46.6 Å². The van der Waals surface area contributed by atoms with Crippen LogP contribution in [0.5, 0.6) is 5.75 Å². The first-order valence-electron chi connectivity index (χ1n) is 9.44. The molecule has 1 atom stereocenters. The Bertz CT molecular complexity index is 959. The molecule has 3 aromatic rings. The fourth-order valence-corrected chi connectivity index (χ4v) is 4.01. The van der Waals surface area contributed by atoms with E-state index in [1.165, 1.54) is 12.8 Å². The molecule has 5 heteroatoms. The van der Waals surface area contributed by atoms with Gasteiger partial charge in [0.25, 0.3) is 0 Å². The van der Waals surface area contributed by atoms with Crippen molar-refractivity contribution in [2.45, 2.75) is 26.3 Å². The first-order chi connectivity index (χ1) is 13.1. The number of anilines is 2. The van der Waals surface area contributed by atoms with Crippen LogP contribution in [0.3, 0.4) is 0 Å². The topological polar surface area (TPSA) is 48.4 Å². The lowest BCUT2D eigenvalue weighted by atomic mass is 9.99. The van der Waals surface area contributed by atoms with Crippen molar-refractivity contribution in [3.05, 3.63) is 59.2 Å². The van der Waals surface area contributed by atoms with Crippen LogP contribution in [0.25, 0.3) is 10.9 Å². The number of nitrogens with one attached hydrogen (secondary N) is 1.